The predicted octanol–water partition coefficient (Wildman–Crippen LogP) is 4.48. The minimum atomic E-state index is -0.428. The van der Waals surface area contributed by atoms with Crippen molar-refractivity contribution in [1.82, 2.24) is 10.2 Å². The van der Waals surface area contributed by atoms with Gasteiger partial charge in [-0.3, -0.25) is 9.59 Å². The highest BCUT2D eigenvalue weighted by Gasteiger charge is 2.35. The summed E-state index contributed by atoms with van der Waals surface area (Å²) >= 11 is 8.81. The molecule has 2 heterocycles. The number of halogens is 1. The van der Waals surface area contributed by atoms with Crippen LogP contribution in [0.5, 0.6) is 0 Å². The van der Waals surface area contributed by atoms with E-state index in [1.54, 1.807) is 40.9 Å². The van der Waals surface area contributed by atoms with Crippen molar-refractivity contribution < 1.29 is 9.59 Å². The number of thioether (sulfide) groups is 1. The van der Waals surface area contributed by atoms with Crippen LogP contribution < -0.4 is 10.2 Å². The molecule has 1 saturated heterocycles. The normalized spacial score (nSPS) is 16.2. The molecule has 1 unspecified atom stereocenters. The van der Waals surface area contributed by atoms with E-state index in [2.05, 4.69) is 27.6 Å². The summed E-state index contributed by atoms with van der Waals surface area (Å²) in [6.07, 6.45) is 0.170. The average Bonchev–Trinajstić information content (AvgIpc) is 3.34. The van der Waals surface area contributed by atoms with Crippen LogP contribution in [0.15, 0.2) is 58.9 Å². The van der Waals surface area contributed by atoms with Crippen molar-refractivity contribution in [2.75, 3.05) is 16.8 Å². The lowest BCUT2D eigenvalue weighted by Gasteiger charge is -2.16. The van der Waals surface area contributed by atoms with Gasteiger partial charge in [0.1, 0.15) is 0 Å². The van der Waals surface area contributed by atoms with Crippen molar-refractivity contribution in [3.63, 3.8) is 0 Å². The third-order valence-corrected chi connectivity index (χ3v) is 6.77. The monoisotopic (exact) mass is 444 g/mol. The fraction of sp³-hybridized carbons (Fsp3) is 0.200. The van der Waals surface area contributed by atoms with Crippen LogP contribution in [0.2, 0.25) is 5.02 Å². The van der Waals surface area contributed by atoms with Crippen molar-refractivity contribution in [2.24, 2.45) is 5.92 Å². The SMILES string of the molecule is O=C(Nc1nnc(SCc2ccccc2)s1)C1CC(=O)N(c2ccc(Cl)cc2)C1. The lowest BCUT2D eigenvalue weighted by atomic mass is 10.1. The van der Waals surface area contributed by atoms with Crippen LogP contribution in [0, 0.1) is 5.92 Å². The average molecular weight is 445 g/mol. The molecule has 4 rings (SSSR count). The molecule has 1 N–H and O–H groups in total. The number of carbonyl (C=O) groups is 2. The van der Waals surface area contributed by atoms with E-state index in [1.165, 1.54) is 16.9 Å². The number of hydrogen-bond donors (Lipinski definition) is 1. The zero-order valence-electron chi connectivity index (χ0n) is 15.2. The second-order valence-electron chi connectivity index (χ2n) is 6.52. The van der Waals surface area contributed by atoms with Gasteiger partial charge < -0.3 is 10.2 Å². The molecule has 6 nitrogen and oxygen atoms in total. The first-order chi connectivity index (χ1) is 14.1. The molecular weight excluding hydrogens is 428 g/mol. The fourth-order valence-electron chi connectivity index (χ4n) is 3.00. The van der Waals surface area contributed by atoms with E-state index in [9.17, 15) is 9.59 Å². The molecule has 1 aliphatic heterocycles. The van der Waals surface area contributed by atoms with Crippen LogP contribution in [0.1, 0.15) is 12.0 Å². The Hall–Kier alpha value is -2.42. The Balaban J connectivity index is 1.33. The molecule has 0 aliphatic carbocycles. The van der Waals surface area contributed by atoms with Crippen LogP contribution >= 0.6 is 34.7 Å². The van der Waals surface area contributed by atoms with Gasteiger partial charge in [-0.25, -0.2) is 0 Å². The van der Waals surface area contributed by atoms with Gasteiger partial charge in [0.15, 0.2) is 4.34 Å². The number of amides is 2. The first-order valence-corrected chi connectivity index (χ1v) is 11.1. The number of anilines is 2. The Morgan fingerprint density at radius 1 is 1.17 bits per heavy atom. The minimum absolute atomic E-state index is 0.0798. The van der Waals surface area contributed by atoms with Crippen molar-refractivity contribution >= 4 is 57.3 Å². The summed E-state index contributed by atoms with van der Waals surface area (Å²) in [6.45, 7) is 0.334. The predicted molar refractivity (Wildman–Crippen MR) is 116 cm³/mol. The van der Waals surface area contributed by atoms with Crippen LogP contribution in [0.4, 0.5) is 10.8 Å². The molecule has 3 aromatic rings. The Morgan fingerprint density at radius 3 is 2.69 bits per heavy atom. The van der Waals surface area contributed by atoms with Gasteiger partial charge in [-0.2, -0.15) is 0 Å². The van der Waals surface area contributed by atoms with Crippen LogP contribution in [-0.2, 0) is 15.3 Å². The van der Waals surface area contributed by atoms with Gasteiger partial charge in [-0.15, -0.1) is 10.2 Å². The van der Waals surface area contributed by atoms with Gasteiger partial charge in [-0.05, 0) is 29.8 Å². The fourth-order valence-corrected chi connectivity index (χ4v) is 4.84. The zero-order valence-corrected chi connectivity index (χ0v) is 17.6. The number of aromatic nitrogens is 2. The number of hydrogen-bond acceptors (Lipinski definition) is 6. The third kappa shape index (κ3) is 4.95. The Morgan fingerprint density at radius 2 is 1.93 bits per heavy atom. The van der Waals surface area contributed by atoms with Gasteiger partial charge >= 0.3 is 0 Å². The van der Waals surface area contributed by atoms with Crippen LogP contribution in [-0.4, -0.2) is 28.6 Å². The Kier molecular flexibility index (Phi) is 6.13. The van der Waals surface area contributed by atoms with Gasteiger partial charge in [0.2, 0.25) is 16.9 Å². The lowest BCUT2D eigenvalue weighted by Crippen LogP contribution is -2.28. The van der Waals surface area contributed by atoms with Crippen molar-refractivity contribution in [1.29, 1.82) is 0 Å². The molecule has 2 amide bonds. The molecule has 0 radical (unpaired) electrons. The number of benzene rings is 2. The first kappa shape index (κ1) is 19.9. The van der Waals surface area contributed by atoms with E-state index in [1.807, 2.05) is 18.2 Å². The molecule has 148 valence electrons. The molecule has 0 saturated carbocycles. The highest BCUT2D eigenvalue weighted by atomic mass is 35.5. The van der Waals surface area contributed by atoms with E-state index in [0.717, 1.165) is 15.8 Å². The summed E-state index contributed by atoms with van der Waals surface area (Å²) in [5.74, 6) is 0.0632. The summed E-state index contributed by atoms with van der Waals surface area (Å²) in [5.41, 5.74) is 1.94. The van der Waals surface area contributed by atoms with Crippen molar-refractivity contribution in [3.8, 4) is 0 Å². The summed E-state index contributed by atoms with van der Waals surface area (Å²) in [4.78, 5) is 26.5. The van der Waals surface area contributed by atoms with Gasteiger partial charge in [0.05, 0.1) is 5.92 Å². The summed E-state index contributed by atoms with van der Waals surface area (Å²) in [6, 6.07) is 17.1. The van der Waals surface area contributed by atoms with Gasteiger partial charge in [-0.1, -0.05) is 65.0 Å². The van der Waals surface area contributed by atoms with E-state index >= 15 is 0 Å². The summed E-state index contributed by atoms with van der Waals surface area (Å²) in [5, 5.41) is 12.0. The molecule has 0 spiro atoms. The van der Waals surface area contributed by atoms with E-state index < -0.39 is 5.92 Å². The van der Waals surface area contributed by atoms with Crippen LogP contribution in [0.25, 0.3) is 0 Å². The molecular formula is C20H17ClN4O2S2. The third-order valence-electron chi connectivity index (χ3n) is 4.48. The number of carbonyl (C=O) groups excluding carboxylic acids is 2. The zero-order chi connectivity index (χ0) is 20.2. The maximum absolute atomic E-state index is 12.6. The molecule has 2 aromatic carbocycles. The lowest BCUT2D eigenvalue weighted by molar-refractivity contribution is -0.122. The van der Waals surface area contributed by atoms with E-state index in [0.29, 0.717) is 16.7 Å². The summed E-state index contributed by atoms with van der Waals surface area (Å²) < 4.78 is 0.787. The maximum atomic E-state index is 12.6. The molecule has 1 fully saturated rings. The van der Waals surface area contributed by atoms with Gasteiger partial charge in [0, 0.05) is 29.4 Å². The largest absolute Gasteiger partial charge is 0.312 e. The first-order valence-electron chi connectivity index (χ1n) is 8.95. The number of nitrogens with one attached hydrogen (secondary N) is 1. The molecule has 0 bridgehead atoms. The molecule has 1 aliphatic rings. The number of nitrogens with zero attached hydrogens (tertiary/aromatic N) is 3. The maximum Gasteiger partial charge on any atom is 0.231 e. The van der Waals surface area contributed by atoms with E-state index in [4.69, 9.17) is 11.6 Å². The molecule has 1 aromatic heterocycles. The van der Waals surface area contributed by atoms with Gasteiger partial charge in [0.25, 0.3) is 0 Å². The van der Waals surface area contributed by atoms with Crippen LogP contribution in [0.3, 0.4) is 0 Å². The van der Waals surface area contributed by atoms with Crippen molar-refractivity contribution in [3.05, 3.63) is 65.2 Å². The highest BCUT2D eigenvalue weighted by Crippen LogP contribution is 2.30. The summed E-state index contributed by atoms with van der Waals surface area (Å²) in [7, 11) is 0. The second kappa shape index (κ2) is 8.94. The second-order valence-corrected chi connectivity index (χ2v) is 9.15. The minimum Gasteiger partial charge on any atom is -0.312 e. The van der Waals surface area contributed by atoms with E-state index in [-0.39, 0.29) is 18.2 Å². The standard InChI is InChI=1S/C20H17ClN4O2S2/c21-15-6-8-16(9-7-15)25-11-14(10-17(25)26)18(27)22-19-23-24-20(29-19)28-12-13-4-2-1-3-5-13/h1-9,14H,10-12H2,(H,22,23,27). The molecule has 9 heteroatoms. The molecule has 29 heavy (non-hydrogen) atoms. The Bertz CT molecular complexity index is 1010. The highest BCUT2D eigenvalue weighted by molar-refractivity contribution is 8.00. The molecule has 1 atom stereocenters. The quantitative estimate of drug-likeness (QED) is 0.448. The van der Waals surface area contributed by atoms with Crippen molar-refractivity contribution in [2.45, 2.75) is 16.5 Å². The number of rotatable bonds is 6. The topological polar surface area (TPSA) is 75.2 Å². The Labute approximate surface area is 181 Å². The smallest absolute Gasteiger partial charge is 0.231 e.